The predicted octanol–water partition coefficient (Wildman–Crippen LogP) is 14.8. The highest BCUT2D eigenvalue weighted by Crippen LogP contribution is 2.50. The quantitative estimate of drug-likeness (QED) is 0.164. The smallest absolute Gasteiger partial charge is 0.0474 e. The zero-order chi connectivity index (χ0) is 34.2. The SMILES string of the molecule is c1ccc2c(c1)-c1cccc3cc(N(c4ccc(-c5ccc6ccc7ccccc7c6c5)cc4)c4ccc(-c5cc6ccccc6s5)cc4)cc-2c13. The van der Waals surface area contributed by atoms with E-state index in [1.165, 1.54) is 86.2 Å². The summed E-state index contributed by atoms with van der Waals surface area (Å²) in [6.45, 7) is 0. The van der Waals surface area contributed by atoms with Crippen molar-refractivity contribution in [3.8, 4) is 43.8 Å². The Labute approximate surface area is 306 Å². The molecule has 1 aliphatic rings. The molecule has 1 aliphatic carbocycles. The molecule has 242 valence electrons. The maximum absolute atomic E-state index is 2.41. The molecule has 0 atom stereocenters. The summed E-state index contributed by atoms with van der Waals surface area (Å²) in [5.41, 5.74) is 12.3. The lowest BCUT2D eigenvalue weighted by Crippen LogP contribution is -2.10. The lowest BCUT2D eigenvalue weighted by Gasteiger charge is -2.27. The highest BCUT2D eigenvalue weighted by atomic mass is 32.1. The molecule has 10 aromatic rings. The standard InChI is InChI=1S/C50H31NS/c1-3-11-42-33(8-1)16-17-34-18-19-36(29-46(34)42)32-20-24-39(25-21-32)51(40-26-22-35(23-27-40)49-30-37-9-2-6-15-48(37)52-49)41-28-38-10-7-14-45-43-12-4-5-13-44(43)47(31-41)50(38)45/h1-31H. The van der Waals surface area contributed by atoms with Crippen molar-refractivity contribution in [1.29, 1.82) is 0 Å². The number of fused-ring (bicyclic) bond motifs is 7. The van der Waals surface area contributed by atoms with Crippen LogP contribution >= 0.6 is 11.3 Å². The number of rotatable bonds is 5. The number of hydrogen-bond donors (Lipinski definition) is 0. The van der Waals surface area contributed by atoms with E-state index >= 15 is 0 Å². The topological polar surface area (TPSA) is 3.24 Å². The van der Waals surface area contributed by atoms with Gasteiger partial charge in [0.05, 0.1) is 0 Å². The van der Waals surface area contributed by atoms with Crippen molar-refractivity contribution in [3.05, 3.63) is 188 Å². The Morgan fingerprint density at radius 3 is 1.71 bits per heavy atom. The summed E-state index contributed by atoms with van der Waals surface area (Å²) >= 11 is 1.85. The average Bonchev–Trinajstić information content (AvgIpc) is 3.79. The highest BCUT2D eigenvalue weighted by Gasteiger charge is 2.24. The van der Waals surface area contributed by atoms with Crippen LogP contribution in [0.2, 0.25) is 0 Å². The summed E-state index contributed by atoms with van der Waals surface area (Å²) in [4.78, 5) is 3.70. The Balaban J connectivity index is 1.05. The van der Waals surface area contributed by atoms with Crippen molar-refractivity contribution in [2.24, 2.45) is 0 Å². The molecule has 0 saturated carbocycles. The third-order valence-electron chi connectivity index (χ3n) is 10.8. The molecule has 1 nitrogen and oxygen atoms in total. The molecule has 52 heavy (non-hydrogen) atoms. The Morgan fingerprint density at radius 2 is 0.923 bits per heavy atom. The summed E-state index contributed by atoms with van der Waals surface area (Å²) in [5, 5.41) is 9.00. The van der Waals surface area contributed by atoms with Gasteiger partial charge in [0.1, 0.15) is 0 Å². The molecule has 1 heterocycles. The first kappa shape index (κ1) is 29.3. The summed E-state index contributed by atoms with van der Waals surface area (Å²) < 4.78 is 1.32. The van der Waals surface area contributed by atoms with E-state index in [0.29, 0.717) is 0 Å². The van der Waals surface area contributed by atoms with Crippen LogP contribution in [0.1, 0.15) is 0 Å². The monoisotopic (exact) mass is 677 g/mol. The number of anilines is 3. The maximum atomic E-state index is 2.41. The third kappa shape index (κ3) is 4.62. The van der Waals surface area contributed by atoms with Gasteiger partial charge in [0, 0.05) is 26.6 Å². The first-order valence-electron chi connectivity index (χ1n) is 17.8. The van der Waals surface area contributed by atoms with Gasteiger partial charge in [-0.05, 0) is 131 Å². The maximum Gasteiger partial charge on any atom is 0.0474 e. The molecule has 1 aromatic heterocycles. The van der Waals surface area contributed by atoms with Gasteiger partial charge >= 0.3 is 0 Å². The number of hydrogen-bond acceptors (Lipinski definition) is 2. The Hall–Kier alpha value is -6.48. The second-order valence-corrected chi connectivity index (χ2v) is 14.8. The molecule has 11 rings (SSSR count). The van der Waals surface area contributed by atoms with Gasteiger partial charge < -0.3 is 4.90 Å². The van der Waals surface area contributed by atoms with Crippen molar-refractivity contribution >= 4 is 70.8 Å². The van der Waals surface area contributed by atoms with Crippen LogP contribution in [0.25, 0.3) is 86.2 Å². The molecule has 0 saturated heterocycles. The second-order valence-electron chi connectivity index (χ2n) is 13.7. The molecule has 0 unspecified atom stereocenters. The van der Waals surface area contributed by atoms with E-state index in [-0.39, 0.29) is 0 Å². The molecular formula is C50H31NS. The van der Waals surface area contributed by atoms with E-state index in [0.717, 1.165) is 17.1 Å². The zero-order valence-corrected chi connectivity index (χ0v) is 29.1. The van der Waals surface area contributed by atoms with Crippen LogP contribution in [0, 0.1) is 0 Å². The van der Waals surface area contributed by atoms with Crippen LogP contribution < -0.4 is 4.90 Å². The van der Waals surface area contributed by atoms with Gasteiger partial charge in [-0.1, -0.05) is 133 Å². The van der Waals surface area contributed by atoms with Crippen molar-refractivity contribution < 1.29 is 0 Å². The van der Waals surface area contributed by atoms with E-state index in [1.807, 2.05) is 11.3 Å². The summed E-state index contributed by atoms with van der Waals surface area (Å²) in [7, 11) is 0. The average molecular weight is 678 g/mol. The normalized spacial score (nSPS) is 11.8. The van der Waals surface area contributed by atoms with Gasteiger partial charge in [0.15, 0.2) is 0 Å². The number of thiophene rings is 1. The Bertz CT molecular complexity index is 2970. The molecule has 2 heteroatoms. The van der Waals surface area contributed by atoms with E-state index in [2.05, 4.69) is 193 Å². The highest BCUT2D eigenvalue weighted by molar-refractivity contribution is 7.22. The summed E-state index contributed by atoms with van der Waals surface area (Å²) in [6, 6.07) is 69.3. The van der Waals surface area contributed by atoms with E-state index < -0.39 is 0 Å². The minimum absolute atomic E-state index is 1.12. The summed E-state index contributed by atoms with van der Waals surface area (Å²) in [5.74, 6) is 0. The number of nitrogens with zero attached hydrogens (tertiary/aromatic N) is 1. The van der Waals surface area contributed by atoms with E-state index in [1.54, 1.807) is 0 Å². The lowest BCUT2D eigenvalue weighted by molar-refractivity contribution is 1.29. The molecule has 0 radical (unpaired) electrons. The summed E-state index contributed by atoms with van der Waals surface area (Å²) in [6.07, 6.45) is 0. The van der Waals surface area contributed by atoms with Crippen LogP contribution in [-0.2, 0) is 0 Å². The van der Waals surface area contributed by atoms with Gasteiger partial charge in [0.2, 0.25) is 0 Å². The Kier molecular flexibility index (Phi) is 6.49. The fourth-order valence-electron chi connectivity index (χ4n) is 8.26. The molecule has 0 N–H and O–H groups in total. The second kappa shape index (κ2) is 11.5. The lowest BCUT2D eigenvalue weighted by atomic mass is 9.97. The van der Waals surface area contributed by atoms with Crippen LogP contribution in [-0.4, -0.2) is 0 Å². The Morgan fingerprint density at radius 1 is 0.327 bits per heavy atom. The van der Waals surface area contributed by atoms with Gasteiger partial charge in [-0.2, -0.15) is 0 Å². The van der Waals surface area contributed by atoms with Gasteiger partial charge in [-0.25, -0.2) is 0 Å². The molecular weight excluding hydrogens is 647 g/mol. The van der Waals surface area contributed by atoms with E-state index in [9.17, 15) is 0 Å². The molecule has 0 amide bonds. The fourth-order valence-corrected chi connectivity index (χ4v) is 9.33. The first-order chi connectivity index (χ1) is 25.7. The molecule has 9 aromatic carbocycles. The molecule has 0 fully saturated rings. The molecule has 0 spiro atoms. The van der Waals surface area contributed by atoms with Crippen LogP contribution in [0.4, 0.5) is 17.1 Å². The van der Waals surface area contributed by atoms with Crippen molar-refractivity contribution in [2.45, 2.75) is 0 Å². The first-order valence-corrected chi connectivity index (χ1v) is 18.6. The van der Waals surface area contributed by atoms with Crippen LogP contribution in [0.5, 0.6) is 0 Å². The van der Waals surface area contributed by atoms with Crippen molar-refractivity contribution in [2.75, 3.05) is 4.90 Å². The van der Waals surface area contributed by atoms with Crippen LogP contribution in [0.3, 0.4) is 0 Å². The van der Waals surface area contributed by atoms with Gasteiger partial charge in [-0.3, -0.25) is 0 Å². The van der Waals surface area contributed by atoms with Gasteiger partial charge in [-0.15, -0.1) is 11.3 Å². The minimum Gasteiger partial charge on any atom is -0.310 e. The van der Waals surface area contributed by atoms with Crippen molar-refractivity contribution in [1.82, 2.24) is 0 Å². The fraction of sp³-hybridized carbons (Fsp3) is 0. The van der Waals surface area contributed by atoms with E-state index in [4.69, 9.17) is 0 Å². The zero-order valence-electron chi connectivity index (χ0n) is 28.3. The van der Waals surface area contributed by atoms with Crippen LogP contribution in [0.15, 0.2) is 188 Å². The number of benzene rings is 9. The van der Waals surface area contributed by atoms with Crippen molar-refractivity contribution in [3.63, 3.8) is 0 Å². The minimum atomic E-state index is 1.12. The predicted molar refractivity (Wildman–Crippen MR) is 224 cm³/mol. The molecule has 0 bridgehead atoms. The molecule has 0 aliphatic heterocycles. The largest absolute Gasteiger partial charge is 0.310 e. The third-order valence-corrected chi connectivity index (χ3v) is 11.9. The van der Waals surface area contributed by atoms with Gasteiger partial charge in [0.25, 0.3) is 0 Å².